The summed E-state index contributed by atoms with van der Waals surface area (Å²) < 4.78 is 62.1. The van der Waals surface area contributed by atoms with Gasteiger partial charge >= 0.3 is 12.1 Å². The number of fused-ring (bicyclic) bond motifs is 1. The molecule has 3 aromatic carbocycles. The molecule has 0 saturated carbocycles. The van der Waals surface area contributed by atoms with E-state index in [9.17, 15) is 22.8 Å². The average Bonchev–Trinajstić information content (AvgIpc) is 2.82. The summed E-state index contributed by atoms with van der Waals surface area (Å²) in [5.74, 6) is -2.96. The third-order valence-corrected chi connectivity index (χ3v) is 5.39. The van der Waals surface area contributed by atoms with Crippen LogP contribution in [-0.4, -0.2) is 12.6 Å². The third-order valence-electron chi connectivity index (χ3n) is 5.39. The van der Waals surface area contributed by atoms with Crippen molar-refractivity contribution >= 4 is 16.9 Å². The molecular weight excluding hydrogens is 477 g/mol. The zero-order valence-corrected chi connectivity index (χ0v) is 19.6. The van der Waals surface area contributed by atoms with Crippen LogP contribution in [0.4, 0.5) is 13.2 Å². The molecule has 6 nitrogen and oxygen atoms in total. The first-order valence-electron chi connectivity index (χ1n) is 10.8. The zero-order chi connectivity index (χ0) is 26.0. The summed E-state index contributed by atoms with van der Waals surface area (Å²) in [6.45, 7) is 5.21. The maximum Gasteiger partial charge on any atom is 0.453 e. The number of benzene rings is 3. The van der Waals surface area contributed by atoms with Gasteiger partial charge in [0.1, 0.15) is 22.8 Å². The second kappa shape index (κ2) is 9.77. The molecule has 0 radical (unpaired) electrons. The summed E-state index contributed by atoms with van der Waals surface area (Å²) in [5.41, 5.74) is 1.49. The Bertz CT molecular complexity index is 1490. The number of hydrogen-bond acceptors (Lipinski definition) is 6. The van der Waals surface area contributed by atoms with Crippen molar-refractivity contribution in [3.63, 3.8) is 0 Å². The lowest BCUT2D eigenvalue weighted by Gasteiger charge is -2.14. The molecule has 36 heavy (non-hydrogen) atoms. The van der Waals surface area contributed by atoms with Gasteiger partial charge in [0, 0.05) is 6.07 Å². The van der Waals surface area contributed by atoms with Gasteiger partial charge in [0.15, 0.2) is 6.61 Å². The maximum atomic E-state index is 13.7. The molecule has 1 heterocycles. The summed E-state index contributed by atoms with van der Waals surface area (Å²) in [6, 6.07) is 15.0. The number of esters is 1. The van der Waals surface area contributed by atoms with Crippen molar-refractivity contribution in [1.29, 1.82) is 0 Å². The number of halogens is 3. The highest BCUT2D eigenvalue weighted by molar-refractivity contribution is 5.81. The van der Waals surface area contributed by atoms with Gasteiger partial charge in [-0.05, 0) is 68.3 Å². The van der Waals surface area contributed by atoms with Gasteiger partial charge in [0.25, 0.3) is 5.76 Å². The van der Waals surface area contributed by atoms with Crippen molar-refractivity contribution in [1.82, 2.24) is 0 Å². The van der Waals surface area contributed by atoms with Crippen LogP contribution in [0, 0.1) is 20.8 Å². The lowest BCUT2D eigenvalue weighted by molar-refractivity contribution is -0.154. The number of carbonyl (C=O) groups excluding carboxylic acids is 1. The molecule has 0 amide bonds. The molecule has 9 heteroatoms. The summed E-state index contributed by atoms with van der Waals surface area (Å²) >= 11 is 0. The molecule has 0 atom stereocenters. The van der Waals surface area contributed by atoms with E-state index in [2.05, 4.69) is 0 Å². The zero-order valence-electron chi connectivity index (χ0n) is 19.6. The third kappa shape index (κ3) is 5.51. The molecule has 4 rings (SSSR count). The predicted octanol–water partition coefficient (Wildman–Crippen LogP) is 6.51. The quantitative estimate of drug-likeness (QED) is 0.223. The minimum Gasteiger partial charge on any atom is -0.482 e. The Morgan fingerprint density at radius 3 is 2.19 bits per heavy atom. The molecule has 0 unspecified atom stereocenters. The van der Waals surface area contributed by atoms with E-state index in [0.717, 1.165) is 22.8 Å². The molecule has 0 spiro atoms. The van der Waals surface area contributed by atoms with Gasteiger partial charge in [-0.2, -0.15) is 13.2 Å². The Balaban J connectivity index is 1.59. The monoisotopic (exact) mass is 498 g/mol. The van der Waals surface area contributed by atoms with Gasteiger partial charge in [-0.15, -0.1) is 0 Å². The number of carbonyl (C=O) groups is 1. The highest BCUT2D eigenvalue weighted by atomic mass is 19.4. The first-order valence-corrected chi connectivity index (χ1v) is 10.8. The van der Waals surface area contributed by atoms with Gasteiger partial charge in [0.05, 0.1) is 5.39 Å². The van der Waals surface area contributed by atoms with Crippen molar-refractivity contribution in [2.75, 3.05) is 6.61 Å². The lowest BCUT2D eigenvalue weighted by Crippen LogP contribution is -2.18. The van der Waals surface area contributed by atoms with Crippen LogP contribution in [0.1, 0.15) is 22.5 Å². The highest BCUT2D eigenvalue weighted by Crippen LogP contribution is 2.38. The fourth-order valence-corrected chi connectivity index (χ4v) is 3.33. The van der Waals surface area contributed by atoms with E-state index in [1.54, 1.807) is 31.2 Å². The van der Waals surface area contributed by atoms with Crippen LogP contribution < -0.4 is 19.6 Å². The molecule has 0 fully saturated rings. The fraction of sp³-hybridized carbons (Fsp3) is 0.185. The Labute approximate surface area is 203 Å². The van der Waals surface area contributed by atoms with E-state index < -0.39 is 41.3 Å². The Morgan fingerprint density at radius 2 is 1.53 bits per heavy atom. The molecule has 0 aliphatic heterocycles. The number of hydrogen-bond donors (Lipinski definition) is 0. The predicted molar refractivity (Wildman–Crippen MR) is 126 cm³/mol. The van der Waals surface area contributed by atoms with E-state index in [0.29, 0.717) is 5.75 Å². The Morgan fingerprint density at radius 1 is 0.861 bits per heavy atom. The first kappa shape index (κ1) is 24.8. The van der Waals surface area contributed by atoms with Crippen LogP contribution in [0.25, 0.3) is 11.0 Å². The number of ether oxygens (including phenoxy) is 3. The van der Waals surface area contributed by atoms with Crippen LogP contribution in [0.15, 0.2) is 69.9 Å². The van der Waals surface area contributed by atoms with E-state index in [4.69, 9.17) is 18.6 Å². The summed E-state index contributed by atoms with van der Waals surface area (Å²) in [6.07, 6.45) is -5.01. The molecular formula is C27H21F3O6. The molecule has 0 bridgehead atoms. The van der Waals surface area contributed by atoms with Gasteiger partial charge in [0.2, 0.25) is 11.2 Å². The van der Waals surface area contributed by atoms with E-state index in [1.807, 2.05) is 19.9 Å². The molecule has 0 aliphatic carbocycles. The van der Waals surface area contributed by atoms with Gasteiger partial charge in [-0.3, -0.25) is 4.79 Å². The normalized spacial score (nSPS) is 11.4. The van der Waals surface area contributed by atoms with E-state index in [-0.39, 0.29) is 16.9 Å². The van der Waals surface area contributed by atoms with Crippen molar-refractivity contribution < 1.29 is 36.6 Å². The SMILES string of the molecule is Cc1ccc(Oc2c(C(F)(F)F)oc3cc(OC(=O)COc4ccc(C)c(C)c4)ccc3c2=O)cc1. The molecule has 4 aromatic rings. The van der Waals surface area contributed by atoms with Crippen LogP contribution in [0.3, 0.4) is 0 Å². The van der Waals surface area contributed by atoms with Crippen LogP contribution in [0.5, 0.6) is 23.0 Å². The van der Waals surface area contributed by atoms with E-state index >= 15 is 0 Å². The number of aryl methyl sites for hydroxylation is 3. The highest BCUT2D eigenvalue weighted by Gasteiger charge is 2.40. The Hall–Kier alpha value is -4.27. The van der Waals surface area contributed by atoms with Crippen molar-refractivity contribution in [2.24, 2.45) is 0 Å². The molecule has 0 saturated heterocycles. The van der Waals surface area contributed by atoms with Crippen LogP contribution in [0.2, 0.25) is 0 Å². The molecule has 0 N–H and O–H groups in total. The van der Waals surface area contributed by atoms with Gasteiger partial charge in [-0.25, -0.2) is 4.79 Å². The van der Waals surface area contributed by atoms with Crippen LogP contribution >= 0.6 is 0 Å². The fourth-order valence-electron chi connectivity index (χ4n) is 3.33. The maximum absolute atomic E-state index is 13.7. The lowest BCUT2D eigenvalue weighted by atomic mass is 10.1. The summed E-state index contributed by atoms with van der Waals surface area (Å²) in [5, 5.41) is -0.170. The minimum atomic E-state index is -5.01. The van der Waals surface area contributed by atoms with Gasteiger partial charge < -0.3 is 18.6 Å². The average molecular weight is 498 g/mol. The Kier molecular flexibility index (Phi) is 6.74. The largest absolute Gasteiger partial charge is 0.482 e. The topological polar surface area (TPSA) is 75.0 Å². The summed E-state index contributed by atoms with van der Waals surface area (Å²) in [7, 11) is 0. The molecule has 186 valence electrons. The number of alkyl halides is 3. The van der Waals surface area contributed by atoms with Crippen molar-refractivity contribution in [2.45, 2.75) is 26.9 Å². The molecule has 1 aromatic heterocycles. The van der Waals surface area contributed by atoms with Crippen molar-refractivity contribution in [3.05, 3.63) is 93.3 Å². The smallest absolute Gasteiger partial charge is 0.453 e. The molecule has 0 aliphatic rings. The standard InChI is InChI=1S/C27H21F3O6/c1-15-4-7-18(8-5-15)35-25-24(32)21-11-10-20(13-22(21)36-26(25)27(28,29)30)34-23(31)14-33-19-9-6-16(2)17(3)12-19/h4-13H,14H2,1-3H3. The van der Waals surface area contributed by atoms with Gasteiger partial charge in [-0.1, -0.05) is 23.8 Å². The first-order chi connectivity index (χ1) is 17.0. The van der Waals surface area contributed by atoms with Crippen molar-refractivity contribution in [3.8, 4) is 23.0 Å². The van der Waals surface area contributed by atoms with E-state index in [1.165, 1.54) is 24.3 Å². The van der Waals surface area contributed by atoms with Crippen LogP contribution in [-0.2, 0) is 11.0 Å². The number of rotatable bonds is 6. The minimum absolute atomic E-state index is 0.0482. The second-order valence-electron chi connectivity index (χ2n) is 8.17. The second-order valence-corrected chi connectivity index (χ2v) is 8.17. The summed E-state index contributed by atoms with van der Waals surface area (Å²) in [4.78, 5) is 25.1.